The zero-order chi connectivity index (χ0) is 16.6. The molecule has 4 heteroatoms. The number of amides is 1. The van der Waals surface area contributed by atoms with E-state index >= 15 is 0 Å². The molecule has 2 aromatic rings. The molecule has 1 heterocycles. The van der Waals surface area contributed by atoms with Crippen LogP contribution in [0.1, 0.15) is 31.0 Å². The molecule has 120 valence electrons. The lowest BCUT2D eigenvalue weighted by Gasteiger charge is -2.33. The molecule has 0 saturated heterocycles. The van der Waals surface area contributed by atoms with Crippen molar-refractivity contribution in [1.82, 2.24) is 0 Å². The number of hydrogen-bond acceptors (Lipinski definition) is 2. The summed E-state index contributed by atoms with van der Waals surface area (Å²) in [5.41, 5.74) is 2.09. The van der Waals surface area contributed by atoms with Crippen LogP contribution >= 0.6 is 11.6 Å². The summed E-state index contributed by atoms with van der Waals surface area (Å²) in [6.45, 7) is 3.84. The highest BCUT2D eigenvalue weighted by molar-refractivity contribution is 6.18. The Hall–Kier alpha value is -1.84. The number of rotatable bonds is 4. The number of aliphatic hydroxyl groups is 1. The summed E-state index contributed by atoms with van der Waals surface area (Å²) in [4.78, 5) is 14.8. The van der Waals surface area contributed by atoms with Crippen LogP contribution in [-0.4, -0.2) is 23.0 Å². The van der Waals surface area contributed by atoms with Crippen molar-refractivity contribution < 1.29 is 9.90 Å². The lowest BCUT2D eigenvalue weighted by molar-refractivity contribution is -0.123. The first-order valence-electron chi connectivity index (χ1n) is 7.70. The summed E-state index contributed by atoms with van der Waals surface area (Å²) < 4.78 is 0. The third-order valence-electron chi connectivity index (χ3n) is 4.53. The van der Waals surface area contributed by atoms with Crippen molar-refractivity contribution in [3.8, 4) is 0 Å². The molecule has 3 nitrogen and oxygen atoms in total. The van der Waals surface area contributed by atoms with Crippen LogP contribution < -0.4 is 4.90 Å². The summed E-state index contributed by atoms with van der Waals surface area (Å²) in [5.74, 6) is 0.0445. The van der Waals surface area contributed by atoms with Gasteiger partial charge in [-0.25, -0.2) is 0 Å². The van der Waals surface area contributed by atoms with Crippen molar-refractivity contribution in [3.05, 3.63) is 65.7 Å². The Morgan fingerprint density at radius 3 is 2.35 bits per heavy atom. The van der Waals surface area contributed by atoms with Crippen molar-refractivity contribution in [3.63, 3.8) is 0 Å². The van der Waals surface area contributed by atoms with Gasteiger partial charge >= 0.3 is 0 Å². The second-order valence-corrected chi connectivity index (χ2v) is 6.70. The van der Waals surface area contributed by atoms with Gasteiger partial charge in [0.15, 0.2) is 0 Å². The fourth-order valence-electron chi connectivity index (χ4n) is 3.29. The number of alkyl halides is 1. The number of carbonyl (C=O) groups excluding carboxylic acids is 1. The van der Waals surface area contributed by atoms with Crippen molar-refractivity contribution >= 4 is 23.2 Å². The monoisotopic (exact) mass is 329 g/mol. The largest absolute Gasteiger partial charge is 0.389 e. The number of aliphatic hydroxyl groups excluding tert-OH is 1. The Morgan fingerprint density at radius 1 is 1.09 bits per heavy atom. The van der Waals surface area contributed by atoms with E-state index < -0.39 is 17.6 Å². The minimum atomic E-state index is -0.843. The van der Waals surface area contributed by atoms with Crippen LogP contribution in [0, 0.1) is 0 Å². The molecule has 0 saturated carbocycles. The summed E-state index contributed by atoms with van der Waals surface area (Å²) >= 11 is 5.93. The van der Waals surface area contributed by atoms with Crippen LogP contribution in [0.4, 0.5) is 5.69 Å². The average molecular weight is 330 g/mol. The van der Waals surface area contributed by atoms with Crippen LogP contribution in [0.2, 0.25) is 0 Å². The predicted molar refractivity (Wildman–Crippen MR) is 92.9 cm³/mol. The van der Waals surface area contributed by atoms with Gasteiger partial charge in [0, 0.05) is 5.69 Å². The summed E-state index contributed by atoms with van der Waals surface area (Å²) in [6.07, 6.45) is -0.843. The highest BCUT2D eigenvalue weighted by Crippen LogP contribution is 2.46. The topological polar surface area (TPSA) is 40.5 Å². The van der Waals surface area contributed by atoms with Gasteiger partial charge in [0.1, 0.15) is 0 Å². The second kappa shape index (κ2) is 5.99. The average Bonchev–Trinajstić information content (AvgIpc) is 2.77. The molecule has 23 heavy (non-hydrogen) atoms. The standard InChI is InChI=1S/C19H20ClNO2/c1-19(2)14-10-6-7-11-15(14)21(18(19)23)17(16(22)12-20)13-8-4-3-5-9-13/h3-11,16-17,22H,12H2,1-2H3/t16-,17+/m1/s1. The first-order valence-corrected chi connectivity index (χ1v) is 8.24. The van der Waals surface area contributed by atoms with E-state index in [0.717, 1.165) is 16.8 Å². The van der Waals surface area contributed by atoms with E-state index in [1.165, 1.54) is 0 Å². The molecule has 0 bridgehead atoms. The molecule has 2 aromatic carbocycles. The molecule has 3 rings (SSSR count). The molecule has 1 N–H and O–H groups in total. The first kappa shape index (κ1) is 16.0. The maximum Gasteiger partial charge on any atom is 0.237 e. The van der Waals surface area contributed by atoms with Gasteiger partial charge in [0.25, 0.3) is 0 Å². The van der Waals surface area contributed by atoms with E-state index in [9.17, 15) is 9.90 Å². The number of carbonyl (C=O) groups is 1. The van der Waals surface area contributed by atoms with Crippen molar-refractivity contribution in [2.24, 2.45) is 0 Å². The lowest BCUT2D eigenvalue weighted by atomic mass is 9.86. The van der Waals surface area contributed by atoms with Gasteiger partial charge in [0.2, 0.25) is 5.91 Å². The van der Waals surface area contributed by atoms with Gasteiger partial charge in [-0.3, -0.25) is 4.79 Å². The minimum Gasteiger partial charge on any atom is -0.389 e. The molecule has 0 unspecified atom stereocenters. The van der Waals surface area contributed by atoms with E-state index in [1.54, 1.807) is 4.90 Å². The Labute approximate surface area is 141 Å². The molecule has 0 aliphatic carbocycles. The smallest absolute Gasteiger partial charge is 0.237 e. The molecular formula is C19H20ClNO2. The summed E-state index contributed by atoms with van der Waals surface area (Å²) in [7, 11) is 0. The number of hydrogen-bond donors (Lipinski definition) is 1. The van der Waals surface area contributed by atoms with Crippen LogP contribution in [0.5, 0.6) is 0 Å². The molecule has 1 aliphatic rings. The quantitative estimate of drug-likeness (QED) is 0.870. The van der Waals surface area contributed by atoms with E-state index in [2.05, 4.69) is 0 Å². The third kappa shape index (κ3) is 2.54. The molecular weight excluding hydrogens is 310 g/mol. The maximum absolute atomic E-state index is 13.1. The predicted octanol–water partition coefficient (Wildman–Crippen LogP) is 3.65. The molecule has 0 aromatic heterocycles. The summed E-state index contributed by atoms with van der Waals surface area (Å²) in [5, 5.41) is 10.5. The van der Waals surface area contributed by atoms with Crippen molar-refractivity contribution in [2.45, 2.75) is 31.4 Å². The second-order valence-electron chi connectivity index (χ2n) is 6.39. The van der Waals surface area contributed by atoms with Crippen molar-refractivity contribution in [2.75, 3.05) is 10.8 Å². The fourth-order valence-corrected chi connectivity index (χ4v) is 3.46. The molecule has 2 atom stereocenters. The number of fused-ring (bicyclic) bond motifs is 1. The Morgan fingerprint density at radius 2 is 1.70 bits per heavy atom. The Balaban J connectivity index is 2.16. The van der Waals surface area contributed by atoms with Crippen LogP contribution in [0.25, 0.3) is 0 Å². The molecule has 1 aliphatic heterocycles. The first-order chi connectivity index (χ1) is 11.0. The van der Waals surface area contributed by atoms with Gasteiger partial charge in [-0.05, 0) is 31.0 Å². The molecule has 0 radical (unpaired) electrons. The zero-order valence-corrected chi connectivity index (χ0v) is 14.0. The highest BCUT2D eigenvalue weighted by Gasteiger charge is 2.47. The molecule has 1 amide bonds. The van der Waals surface area contributed by atoms with E-state index in [1.807, 2.05) is 68.4 Å². The maximum atomic E-state index is 13.1. The van der Waals surface area contributed by atoms with Gasteiger partial charge in [0.05, 0.1) is 23.4 Å². The van der Waals surface area contributed by atoms with Gasteiger partial charge in [-0.2, -0.15) is 0 Å². The number of benzene rings is 2. The normalized spacial score (nSPS) is 18.6. The third-order valence-corrected chi connectivity index (χ3v) is 4.85. The van der Waals surface area contributed by atoms with Gasteiger partial charge in [-0.15, -0.1) is 11.6 Å². The van der Waals surface area contributed by atoms with Crippen molar-refractivity contribution in [1.29, 1.82) is 0 Å². The van der Waals surface area contributed by atoms with Crippen LogP contribution in [0.3, 0.4) is 0 Å². The zero-order valence-electron chi connectivity index (χ0n) is 13.2. The Kier molecular flexibility index (Phi) is 4.17. The van der Waals surface area contributed by atoms with Crippen LogP contribution in [-0.2, 0) is 10.2 Å². The highest BCUT2D eigenvalue weighted by atomic mass is 35.5. The molecule has 0 spiro atoms. The van der Waals surface area contributed by atoms with E-state index in [0.29, 0.717) is 0 Å². The fraction of sp³-hybridized carbons (Fsp3) is 0.316. The number of nitrogens with zero attached hydrogens (tertiary/aromatic N) is 1. The Bertz CT molecular complexity index is 714. The molecule has 0 fully saturated rings. The lowest BCUT2D eigenvalue weighted by Crippen LogP contribution is -2.43. The number of halogens is 1. The SMILES string of the molecule is CC1(C)C(=O)N([C@@H](c2ccccc2)[C@H](O)CCl)c2ccccc21. The van der Waals surface area contributed by atoms with E-state index in [4.69, 9.17) is 11.6 Å². The van der Waals surface area contributed by atoms with E-state index in [-0.39, 0.29) is 11.8 Å². The van der Waals surface area contributed by atoms with Crippen LogP contribution in [0.15, 0.2) is 54.6 Å². The van der Waals surface area contributed by atoms with Gasteiger partial charge < -0.3 is 10.0 Å². The number of para-hydroxylation sites is 1. The minimum absolute atomic E-state index is 0.0169. The number of anilines is 1. The van der Waals surface area contributed by atoms with Gasteiger partial charge in [-0.1, -0.05) is 48.5 Å². The summed E-state index contributed by atoms with van der Waals surface area (Å²) in [6, 6.07) is 16.8.